The highest BCUT2D eigenvalue weighted by Gasteiger charge is 2.12. The Kier molecular flexibility index (Phi) is 3.56. The van der Waals surface area contributed by atoms with E-state index in [1.54, 1.807) is 37.4 Å². The van der Waals surface area contributed by atoms with Gasteiger partial charge in [0.25, 0.3) is 5.91 Å². The van der Waals surface area contributed by atoms with Crippen molar-refractivity contribution in [1.82, 2.24) is 0 Å². The van der Waals surface area contributed by atoms with Crippen molar-refractivity contribution >= 4 is 23.0 Å². The number of amides is 1. The van der Waals surface area contributed by atoms with Crippen LogP contribution in [-0.2, 0) is 0 Å². The summed E-state index contributed by atoms with van der Waals surface area (Å²) in [5, 5.41) is 2.75. The monoisotopic (exact) mass is 257 g/mol. The van der Waals surface area contributed by atoms with Crippen molar-refractivity contribution in [2.75, 3.05) is 23.9 Å². The molecule has 19 heavy (non-hydrogen) atoms. The molecule has 0 radical (unpaired) electrons. The van der Waals surface area contributed by atoms with E-state index in [2.05, 4.69) is 5.32 Å². The van der Waals surface area contributed by atoms with Crippen LogP contribution >= 0.6 is 0 Å². The first-order valence-electron chi connectivity index (χ1n) is 5.71. The van der Waals surface area contributed by atoms with Gasteiger partial charge < -0.3 is 21.5 Å². The second kappa shape index (κ2) is 5.30. The highest BCUT2D eigenvalue weighted by atomic mass is 16.5. The number of para-hydroxylation sites is 2. The van der Waals surface area contributed by atoms with Gasteiger partial charge in [0.1, 0.15) is 5.75 Å². The molecule has 2 aromatic rings. The first-order chi connectivity index (χ1) is 9.11. The van der Waals surface area contributed by atoms with Gasteiger partial charge in [0.2, 0.25) is 0 Å². The Hall–Kier alpha value is -2.69. The zero-order valence-corrected chi connectivity index (χ0v) is 10.5. The van der Waals surface area contributed by atoms with Crippen LogP contribution in [0.1, 0.15) is 10.4 Å². The molecule has 0 bridgehead atoms. The molecule has 5 heteroatoms. The number of methoxy groups -OCH3 is 1. The summed E-state index contributed by atoms with van der Waals surface area (Å²) in [5.41, 5.74) is 13.2. The Balaban J connectivity index is 2.26. The van der Waals surface area contributed by atoms with Gasteiger partial charge >= 0.3 is 0 Å². The third kappa shape index (κ3) is 2.77. The third-order valence-corrected chi connectivity index (χ3v) is 2.68. The summed E-state index contributed by atoms with van der Waals surface area (Å²) >= 11 is 0. The lowest BCUT2D eigenvalue weighted by molar-refractivity contribution is 0.102. The fourth-order valence-corrected chi connectivity index (χ4v) is 1.73. The highest BCUT2D eigenvalue weighted by Crippen LogP contribution is 2.24. The zero-order valence-electron chi connectivity index (χ0n) is 10.5. The van der Waals surface area contributed by atoms with Crippen molar-refractivity contribution < 1.29 is 9.53 Å². The number of carbonyl (C=O) groups excluding carboxylic acids is 1. The van der Waals surface area contributed by atoms with Crippen molar-refractivity contribution in [3.05, 3.63) is 48.0 Å². The van der Waals surface area contributed by atoms with Gasteiger partial charge in [-0.2, -0.15) is 0 Å². The number of nitrogen functional groups attached to an aromatic ring is 2. The summed E-state index contributed by atoms with van der Waals surface area (Å²) in [7, 11) is 1.54. The van der Waals surface area contributed by atoms with Crippen LogP contribution in [0.5, 0.6) is 5.75 Å². The van der Waals surface area contributed by atoms with Crippen molar-refractivity contribution in [2.45, 2.75) is 0 Å². The number of rotatable bonds is 3. The van der Waals surface area contributed by atoms with Crippen LogP contribution in [0.3, 0.4) is 0 Å². The average Bonchev–Trinajstić information content (AvgIpc) is 2.39. The molecule has 2 aromatic carbocycles. The first kappa shape index (κ1) is 12.8. The molecule has 0 heterocycles. The summed E-state index contributed by atoms with van der Waals surface area (Å²) in [6.07, 6.45) is 0. The number of benzene rings is 2. The van der Waals surface area contributed by atoms with Crippen LogP contribution in [-0.4, -0.2) is 13.0 Å². The summed E-state index contributed by atoms with van der Waals surface area (Å²) in [6, 6.07) is 11.9. The van der Waals surface area contributed by atoms with E-state index in [9.17, 15) is 4.79 Å². The van der Waals surface area contributed by atoms with Gasteiger partial charge in [-0.15, -0.1) is 0 Å². The van der Waals surface area contributed by atoms with Gasteiger partial charge in [-0.3, -0.25) is 4.79 Å². The van der Waals surface area contributed by atoms with E-state index in [-0.39, 0.29) is 5.91 Å². The number of nitrogens with two attached hydrogens (primary N) is 2. The molecule has 0 spiro atoms. The fourth-order valence-electron chi connectivity index (χ4n) is 1.73. The molecule has 0 atom stereocenters. The van der Waals surface area contributed by atoms with Gasteiger partial charge in [-0.05, 0) is 30.3 Å². The molecule has 0 saturated carbocycles. The van der Waals surface area contributed by atoms with E-state index in [0.717, 1.165) is 0 Å². The Labute approximate surface area is 111 Å². The minimum Gasteiger partial charge on any atom is -0.495 e. The van der Waals surface area contributed by atoms with Crippen molar-refractivity contribution in [1.29, 1.82) is 0 Å². The molecular formula is C14H15N3O2. The molecule has 0 saturated heterocycles. The summed E-state index contributed by atoms with van der Waals surface area (Å²) in [5.74, 6) is 0.284. The molecule has 5 N–H and O–H groups in total. The molecule has 5 nitrogen and oxygen atoms in total. The Morgan fingerprint density at radius 1 is 1.16 bits per heavy atom. The summed E-state index contributed by atoms with van der Waals surface area (Å²) in [6.45, 7) is 0. The maximum Gasteiger partial charge on any atom is 0.257 e. The maximum atomic E-state index is 12.1. The third-order valence-electron chi connectivity index (χ3n) is 2.68. The minimum atomic E-state index is -0.304. The number of hydrogen-bond acceptors (Lipinski definition) is 4. The molecule has 0 aliphatic carbocycles. The topological polar surface area (TPSA) is 90.4 Å². The van der Waals surface area contributed by atoms with E-state index in [0.29, 0.717) is 28.4 Å². The summed E-state index contributed by atoms with van der Waals surface area (Å²) < 4.78 is 5.17. The number of ether oxygens (including phenoxy) is 1. The quantitative estimate of drug-likeness (QED) is 0.734. The van der Waals surface area contributed by atoms with E-state index in [4.69, 9.17) is 16.2 Å². The highest BCUT2D eigenvalue weighted by molar-refractivity contribution is 6.08. The lowest BCUT2D eigenvalue weighted by Crippen LogP contribution is -2.14. The number of hydrogen-bond donors (Lipinski definition) is 3. The fraction of sp³-hybridized carbons (Fsp3) is 0.0714. The van der Waals surface area contributed by atoms with Crippen LogP contribution in [0, 0.1) is 0 Å². The molecule has 2 rings (SSSR count). The Bertz CT molecular complexity index is 611. The largest absolute Gasteiger partial charge is 0.495 e. The Morgan fingerprint density at radius 2 is 1.89 bits per heavy atom. The number of anilines is 3. The number of carbonyl (C=O) groups is 1. The predicted molar refractivity (Wildman–Crippen MR) is 76.2 cm³/mol. The van der Waals surface area contributed by atoms with Crippen molar-refractivity contribution in [2.24, 2.45) is 0 Å². The van der Waals surface area contributed by atoms with Gasteiger partial charge in [-0.25, -0.2) is 0 Å². The Morgan fingerprint density at radius 3 is 2.58 bits per heavy atom. The van der Waals surface area contributed by atoms with Gasteiger partial charge in [-0.1, -0.05) is 12.1 Å². The van der Waals surface area contributed by atoms with Gasteiger partial charge in [0.15, 0.2) is 0 Å². The maximum absolute atomic E-state index is 12.1. The molecule has 1 amide bonds. The van der Waals surface area contributed by atoms with Crippen LogP contribution in [0.25, 0.3) is 0 Å². The van der Waals surface area contributed by atoms with Crippen LogP contribution in [0.15, 0.2) is 42.5 Å². The average molecular weight is 257 g/mol. The standard InChI is InChI=1S/C14H15N3O2/c1-19-13-5-3-2-4-12(13)17-14(18)10-7-6-9(15)8-11(10)16/h2-8H,15-16H2,1H3,(H,17,18). The molecule has 0 unspecified atom stereocenters. The smallest absolute Gasteiger partial charge is 0.257 e. The summed E-state index contributed by atoms with van der Waals surface area (Å²) in [4.78, 5) is 12.1. The number of nitrogens with one attached hydrogen (secondary N) is 1. The van der Waals surface area contributed by atoms with E-state index in [1.807, 2.05) is 12.1 Å². The predicted octanol–water partition coefficient (Wildman–Crippen LogP) is 2.11. The van der Waals surface area contributed by atoms with E-state index >= 15 is 0 Å². The molecule has 0 fully saturated rings. The molecular weight excluding hydrogens is 242 g/mol. The molecule has 0 aliphatic heterocycles. The van der Waals surface area contributed by atoms with Gasteiger partial charge in [0.05, 0.1) is 18.4 Å². The van der Waals surface area contributed by atoms with Crippen molar-refractivity contribution in [3.63, 3.8) is 0 Å². The first-order valence-corrected chi connectivity index (χ1v) is 5.71. The normalized spacial score (nSPS) is 9.95. The van der Waals surface area contributed by atoms with E-state index < -0.39 is 0 Å². The second-order valence-corrected chi connectivity index (χ2v) is 4.00. The molecule has 0 aromatic heterocycles. The molecule has 0 aliphatic rings. The van der Waals surface area contributed by atoms with E-state index in [1.165, 1.54) is 0 Å². The van der Waals surface area contributed by atoms with Crippen molar-refractivity contribution in [3.8, 4) is 5.75 Å². The lowest BCUT2D eigenvalue weighted by atomic mass is 10.1. The SMILES string of the molecule is COc1ccccc1NC(=O)c1ccc(N)cc1N. The van der Waals surface area contributed by atoms with Crippen LogP contribution in [0.4, 0.5) is 17.1 Å². The zero-order chi connectivity index (χ0) is 13.8. The molecule has 98 valence electrons. The minimum absolute atomic E-state index is 0.304. The van der Waals surface area contributed by atoms with Crippen LogP contribution in [0.2, 0.25) is 0 Å². The second-order valence-electron chi connectivity index (χ2n) is 4.00. The van der Waals surface area contributed by atoms with Crippen LogP contribution < -0.4 is 21.5 Å². The van der Waals surface area contributed by atoms with Gasteiger partial charge in [0, 0.05) is 11.4 Å². The lowest BCUT2D eigenvalue weighted by Gasteiger charge is -2.11.